The van der Waals surface area contributed by atoms with Gasteiger partial charge in [0.1, 0.15) is 5.69 Å². The van der Waals surface area contributed by atoms with Gasteiger partial charge in [-0.25, -0.2) is 4.98 Å². The van der Waals surface area contributed by atoms with Crippen LogP contribution in [0.25, 0.3) is 21.1 Å². The van der Waals surface area contributed by atoms with E-state index >= 15 is 0 Å². The smallest absolute Gasteiger partial charge is 0.204 e. The molecule has 5 aromatic rings. The first-order valence-corrected chi connectivity index (χ1v) is 10.2. The highest BCUT2D eigenvalue weighted by atomic mass is 32.1. The fourth-order valence-corrected chi connectivity index (χ4v) is 3.83. The van der Waals surface area contributed by atoms with Crippen molar-refractivity contribution in [2.45, 2.75) is 0 Å². The van der Waals surface area contributed by atoms with E-state index < -0.39 is 0 Å². The van der Waals surface area contributed by atoms with Crippen molar-refractivity contribution in [2.24, 2.45) is 15.3 Å². The fraction of sp³-hybridized carbons (Fsp3) is 0. The molecule has 0 aliphatic rings. The molecule has 3 aromatic carbocycles. The van der Waals surface area contributed by atoms with Gasteiger partial charge in [-0.2, -0.15) is 5.10 Å². The number of nitrogens with one attached hydrogen (secondary N) is 1. The molecule has 7 heteroatoms. The second kappa shape index (κ2) is 8.18. The summed E-state index contributed by atoms with van der Waals surface area (Å²) in [7, 11) is 0. The fourth-order valence-electron chi connectivity index (χ4n) is 3.02. The number of nitrogens with zero attached hydrogens (tertiary/aromatic N) is 5. The maximum absolute atomic E-state index is 4.56. The highest BCUT2D eigenvalue weighted by molar-refractivity contribution is 7.22. The molecule has 0 aliphatic heterocycles. The first kappa shape index (κ1) is 18.1. The first-order chi connectivity index (χ1) is 14.9. The maximum atomic E-state index is 4.56. The molecule has 0 bridgehead atoms. The van der Waals surface area contributed by atoms with Gasteiger partial charge in [0.25, 0.3) is 0 Å². The molecule has 144 valence electrons. The third-order valence-corrected chi connectivity index (χ3v) is 5.39. The van der Waals surface area contributed by atoms with Crippen molar-refractivity contribution in [1.29, 1.82) is 0 Å². The van der Waals surface area contributed by atoms with Gasteiger partial charge in [0.05, 0.1) is 15.7 Å². The lowest BCUT2D eigenvalue weighted by molar-refractivity contribution is 1.22. The number of amidine groups is 1. The number of hydrogen-bond donors (Lipinski definition) is 1. The summed E-state index contributed by atoms with van der Waals surface area (Å²) in [4.78, 5) is 8.99. The number of hydrazone groups is 1. The summed E-state index contributed by atoms with van der Waals surface area (Å²) < 4.78 is 1.10. The van der Waals surface area contributed by atoms with Crippen molar-refractivity contribution < 1.29 is 0 Å². The number of aromatic nitrogens is 2. The quantitative estimate of drug-likeness (QED) is 0.162. The molecule has 30 heavy (non-hydrogen) atoms. The van der Waals surface area contributed by atoms with Crippen LogP contribution in [0.3, 0.4) is 0 Å². The van der Waals surface area contributed by atoms with E-state index in [2.05, 4.69) is 30.7 Å². The standard InChI is InChI=1S/C23H16N6S/c1-2-8-17(9-3-1)22(28-29-23-25-18-12-4-5-14-20(18)30-23)27-26-19-13-6-10-16-11-7-15-24-21(16)19/h1-15H,(H,25,29)/b27-26+,28-22+. The number of para-hydroxylation sites is 2. The van der Waals surface area contributed by atoms with E-state index in [1.165, 1.54) is 11.3 Å². The third kappa shape index (κ3) is 3.78. The van der Waals surface area contributed by atoms with E-state index in [9.17, 15) is 0 Å². The minimum Gasteiger partial charge on any atom is -0.254 e. The lowest BCUT2D eigenvalue weighted by Crippen LogP contribution is -2.00. The zero-order valence-electron chi connectivity index (χ0n) is 15.8. The van der Waals surface area contributed by atoms with Crippen LogP contribution in [0.15, 0.2) is 106 Å². The highest BCUT2D eigenvalue weighted by Crippen LogP contribution is 2.26. The number of benzene rings is 3. The monoisotopic (exact) mass is 408 g/mol. The van der Waals surface area contributed by atoms with Crippen LogP contribution in [-0.2, 0) is 0 Å². The van der Waals surface area contributed by atoms with Crippen LogP contribution >= 0.6 is 11.3 Å². The van der Waals surface area contributed by atoms with Crippen molar-refractivity contribution in [3.8, 4) is 0 Å². The van der Waals surface area contributed by atoms with E-state index in [1.807, 2.05) is 84.9 Å². The Hall–Kier alpha value is -3.97. The van der Waals surface area contributed by atoms with E-state index in [0.717, 1.165) is 26.7 Å². The van der Waals surface area contributed by atoms with Crippen LogP contribution in [0.4, 0.5) is 10.8 Å². The van der Waals surface area contributed by atoms with Gasteiger partial charge in [-0.15, -0.1) is 10.2 Å². The van der Waals surface area contributed by atoms with Crippen molar-refractivity contribution in [1.82, 2.24) is 9.97 Å². The lowest BCUT2D eigenvalue weighted by Gasteiger charge is -2.02. The zero-order chi connectivity index (χ0) is 20.2. The minimum atomic E-state index is 0.461. The number of rotatable bonds is 4. The van der Waals surface area contributed by atoms with E-state index in [1.54, 1.807) is 6.20 Å². The van der Waals surface area contributed by atoms with Gasteiger partial charge >= 0.3 is 0 Å². The Labute approximate surface area is 176 Å². The van der Waals surface area contributed by atoms with Crippen molar-refractivity contribution in [3.63, 3.8) is 0 Å². The third-order valence-electron chi connectivity index (χ3n) is 4.45. The topological polar surface area (TPSA) is 74.9 Å². The second-order valence-electron chi connectivity index (χ2n) is 6.45. The molecule has 0 radical (unpaired) electrons. The van der Waals surface area contributed by atoms with Crippen LogP contribution in [-0.4, -0.2) is 15.8 Å². The Bertz CT molecular complexity index is 1340. The maximum Gasteiger partial charge on any atom is 0.204 e. The summed E-state index contributed by atoms with van der Waals surface area (Å²) in [5.74, 6) is 0.461. The van der Waals surface area contributed by atoms with Gasteiger partial charge in [-0.1, -0.05) is 72.0 Å². The lowest BCUT2D eigenvalue weighted by atomic mass is 10.2. The molecule has 0 unspecified atom stereocenters. The van der Waals surface area contributed by atoms with E-state index in [0.29, 0.717) is 16.7 Å². The van der Waals surface area contributed by atoms with Crippen LogP contribution < -0.4 is 5.43 Å². The number of azo groups is 1. The molecule has 0 saturated carbocycles. The minimum absolute atomic E-state index is 0.461. The highest BCUT2D eigenvalue weighted by Gasteiger charge is 2.06. The predicted molar refractivity (Wildman–Crippen MR) is 122 cm³/mol. The number of thiazole rings is 1. The number of anilines is 1. The van der Waals surface area contributed by atoms with Gasteiger partial charge in [-0.3, -0.25) is 10.4 Å². The van der Waals surface area contributed by atoms with Crippen LogP contribution in [0.1, 0.15) is 5.56 Å². The molecule has 0 atom stereocenters. The summed E-state index contributed by atoms with van der Waals surface area (Å²) in [6.45, 7) is 0. The Morgan fingerprint density at radius 2 is 1.67 bits per heavy atom. The molecule has 6 nitrogen and oxygen atoms in total. The van der Waals surface area contributed by atoms with Crippen molar-refractivity contribution in [2.75, 3.05) is 5.43 Å². The van der Waals surface area contributed by atoms with Gasteiger partial charge < -0.3 is 0 Å². The van der Waals surface area contributed by atoms with Crippen LogP contribution in [0, 0.1) is 0 Å². The molecular weight excluding hydrogens is 392 g/mol. The second-order valence-corrected chi connectivity index (χ2v) is 7.48. The van der Waals surface area contributed by atoms with Gasteiger partial charge in [-0.05, 0) is 24.3 Å². The molecule has 2 aromatic heterocycles. The molecule has 2 heterocycles. The Morgan fingerprint density at radius 3 is 2.57 bits per heavy atom. The number of fused-ring (bicyclic) bond motifs is 2. The van der Waals surface area contributed by atoms with Gasteiger partial charge in [0, 0.05) is 17.1 Å². The molecule has 0 saturated heterocycles. The average molecular weight is 408 g/mol. The molecule has 0 aliphatic carbocycles. The molecule has 5 rings (SSSR count). The average Bonchev–Trinajstić information content (AvgIpc) is 3.23. The van der Waals surface area contributed by atoms with E-state index in [-0.39, 0.29) is 0 Å². The molecule has 0 spiro atoms. The van der Waals surface area contributed by atoms with E-state index in [4.69, 9.17) is 0 Å². The summed E-state index contributed by atoms with van der Waals surface area (Å²) >= 11 is 1.54. The van der Waals surface area contributed by atoms with Crippen LogP contribution in [0.5, 0.6) is 0 Å². The number of pyridine rings is 1. The van der Waals surface area contributed by atoms with Gasteiger partial charge in [0.2, 0.25) is 11.0 Å². The normalized spacial score (nSPS) is 12.1. The van der Waals surface area contributed by atoms with Crippen molar-refractivity contribution >= 4 is 49.1 Å². The SMILES string of the molecule is c1ccc(C(/N=N/c2cccc3cccnc23)=N\Nc2nc3ccccc3s2)cc1. The molecule has 0 amide bonds. The largest absolute Gasteiger partial charge is 0.254 e. The summed E-state index contributed by atoms with van der Waals surface area (Å²) in [5.41, 5.74) is 6.31. The molecule has 0 fully saturated rings. The zero-order valence-corrected chi connectivity index (χ0v) is 16.6. The van der Waals surface area contributed by atoms with Crippen LogP contribution in [0.2, 0.25) is 0 Å². The van der Waals surface area contributed by atoms with Gasteiger partial charge in [0.15, 0.2) is 0 Å². The summed E-state index contributed by atoms with van der Waals surface area (Å²) in [5, 5.41) is 15.1. The Kier molecular flexibility index (Phi) is 4.93. The predicted octanol–water partition coefficient (Wildman–Crippen LogP) is 6.40. The Morgan fingerprint density at radius 1 is 0.833 bits per heavy atom. The first-order valence-electron chi connectivity index (χ1n) is 9.37. The Balaban J connectivity index is 1.50. The molecular formula is C23H16N6S. The van der Waals surface area contributed by atoms with Crippen molar-refractivity contribution in [3.05, 3.63) is 96.7 Å². The summed E-state index contributed by atoms with van der Waals surface area (Å²) in [6.07, 6.45) is 1.75. The summed E-state index contributed by atoms with van der Waals surface area (Å²) in [6, 6.07) is 27.4. The number of hydrogen-bond acceptors (Lipinski definition) is 6. The molecule has 1 N–H and O–H groups in total.